The van der Waals surface area contributed by atoms with Crippen molar-refractivity contribution in [1.29, 1.82) is 0 Å². The molecule has 1 aromatic rings. The van der Waals surface area contributed by atoms with E-state index in [4.69, 9.17) is 4.74 Å². The minimum atomic E-state index is -0.255. The van der Waals surface area contributed by atoms with Crippen LogP contribution in [0.5, 0.6) is 0 Å². The summed E-state index contributed by atoms with van der Waals surface area (Å²) in [6, 6.07) is 4.84. The summed E-state index contributed by atoms with van der Waals surface area (Å²) in [5.41, 5.74) is 2.05. The molecule has 1 heterocycles. The summed E-state index contributed by atoms with van der Waals surface area (Å²) in [6.07, 6.45) is 0.145. The lowest BCUT2D eigenvalue weighted by atomic mass is 10.1. The second-order valence-corrected chi connectivity index (χ2v) is 5.08. The number of rotatable bonds is 4. The van der Waals surface area contributed by atoms with Crippen LogP contribution in [0.15, 0.2) is 18.2 Å². The Bertz CT molecular complexity index is 478. The van der Waals surface area contributed by atoms with E-state index in [1.165, 1.54) is 13.2 Å². The molecule has 0 amide bonds. The summed E-state index contributed by atoms with van der Waals surface area (Å²) >= 11 is 0. The first-order valence-corrected chi connectivity index (χ1v) is 6.74. The summed E-state index contributed by atoms with van der Waals surface area (Å²) < 4.78 is 23.3. The second-order valence-electron chi connectivity index (χ2n) is 5.08. The first-order chi connectivity index (χ1) is 9.58. The van der Waals surface area contributed by atoms with Gasteiger partial charge in [-0.05, 0) is 30.2 Å². The van der Waals surface area contributed by atoms with Crippen LogP contribution >= 0.6 is 0 Å². The Morgan fingerprint density at radius 1 is 1.55 bits per heavy atom. The third-order valence-corrected chi connectivity index (χ3v) is 3.54. The van der Waals surface area contributed by atoms with E-state index in [-0.39, 0.29) is 24.3 Å². The molecule has 0 bridgehead atoms. The number of hydrogen-bond acceptors (Lipinski definition) is 4. The van der Waals surface area contributed by atoms with Gasteiger partial charge in [-0.15, -0.1) is 0 Å². The average Bonchev–Trinajstić information content (AvgIpc) is 2.42. The molecule has 110 valence electrons. The summed E-state index contributed by atoms with van der Waals surface area (Å²) in [6.45, 7) is 4.75. The Morgan fingerprint density at radius 2 is 2.35 bits per heavy atom. The highest BCUT2D eigenvalue weighted by Gasteiger charge is 2.23. The molecule has 4 nitrogen and oxygen atoms in total. The van der Waals surface area contributed by atoms with Gasteiger partial charge in [-0.25, -0.2) is 4.39 Å². The van der Waals surface area contributed by atoms with E-state index in [0.29, 0.717) is 13.2 Å². The molecule has 1 saturated heterocycles. The topological polar surface area (TPSA) is 38.8 Å². The highest BCUT2D eigenvalue weighted by Crippen LogP contribution is 2.16. The van der Waals surface area contributed by atoms with Crippen LogP contribution in [0.1, 0.15) is 17.5 Å². The molecule has 0 radical (unpaired) electrons. The van der Waals surface area contributed by atoms with Crippen molar-refractivity contribution in [2.75, 3.05) is 26.8 Å². The summed E-state index contributed by atoms with van der Waals surface area (Å²) in [4.78, 5) is 13.5. The van der Waals surface area contributed by atoms with Gasteiger partial charge in [0.25, 0.3) is 0 Å². The molecule has 1 aliphatic heterocycles. The monoisotopic (exact) mass is 281 g/mol. The maximum absolute atomic E-state index is 13.1. The molecule has 1 aliphatic rings. The molecular weight excluding hydrogens is 261 g/mol. The maximum Gasteiger partial charge on any atom is 0.308 e. The van der Waals surface area contributed by atoms with Crippen LogP contribution in [0.4, 0.5) is 4.39 Å². The van der Waals surface area contributed by atoms with Gasteiger partial charge in [-0.3, -0.25) is 9.69 Å². The molecule has 1 fully saturated rings. The number of carbonyl (C=O) groups excluding carboxylic acids is 1. The molecule has 0 aliphatic carbocycles. The highest BCUT2D eigenvalue weighted by atomic mass is 19.1. The minimum Gasteiger partial charge on any atom is -0.469 e. The van der Waals surface area contributed by atoms with Gasteiger partial charge in [0.1, 0.15) is 5.82 Å². The van der Waals surface area contributed by atoms with Crippen molar-refractivity contribution < 1.29 is 18.7 Å². The van der Waals surface area contributed by atoms with Crippen molar-refractivity contribution >= 4 is 5.97 Å². The highest BCUT2D eigenvalue weighted by molar-refractivity contribution is 5.69. The Morgan fingerprint density at radius 3 is 3.05 bits per heavy atom. The number of benzene rings is 1. The number of esters is 1. The molecule has 1 atom stereocenters. The van der Waals surface area contributed by atoms with Crippen molar-refractivity contribution in [3.63, 3.8) is 0 Å². The van der Waals surface area contributed by atoms with Gasteiger partial charge in [-0.1, -0.05) is 6.07 Å². The number of halogens is 1. The second kappa shape index (κ2) is 6.81. The number of aryl methyl sites for hydroxylation is 1. The van der Waals surface area contributed by atoms with Gasteiger partial charge in [0.15, 0.2) is 0 Å². The smallest absolute Gasteiger partial charge is 0.308 e. The van der Waals surface area contributed by atoms with Gasteiger partial charge in [-0.2, -0.15) is 0 Å². The zero-order valence-corrected chi connectivity index (χ0v) is 11.9. The lowest BCUT2D eigenvalue weighted by Crippen LogP contribution is -2.43. The first-order valence-electron chi connectivity index (χ1n) is 6.74. The molecule has 1 aromatic carbocycles. The quantitative estimate of drug-likeness (QED) is 0.790. The van der Waals surface area contributed by atoms with E-state index in [0.717, 1.165) is 24.2 Å². The third-order valence-electron chi connectivity index (χ3n) is 3.54. The van der Waals surface area contributed by atoms with Crippen molar-refractivity contribution in [1.82, 2.24) is 4.90 Å². The van der Waals surface area contributed by atoms with E-state index in [1.807, 2.05) is 13.0 Å². The molecule has 0 spiro atoms. The molecule has 0 N–H and O–H groups in total. The minimum absolute atomic E-state index is 0.128. The molecule has 1 unspecified atom stereocenters. The van der Waals surface area contributed by atoms with E-state index in [1.54, 1.807) is 6.07 Å². The third kappa shape index (κ3) is 4.02. The van der Waals surface area contributed by atoms with E-state index < -0.39 is 0 Å². The molecule has 2 rings (SSSR count). The molecular formula is C15H20FNO3. The van der Waals surface area contributed by atoms with Crippen molar-refractivity contribution in [2.24, 2.45) is 0 Å². The van der Waals surface area contributed by atoms with Crippen LogP contribution in [0.2, 0.25) is 0 Å². The standard InChI is InChI=1S/C15H20FNO3/c1-11-7-13(16)4-3-12(11)9-17-5-6-20-14(10-17)8-15(18)19-2/h3-4,7,14H,5-6,8-10H2,1-2H3. The zero-order chi connectivity index (χ0) is 14.5. The van der Waals surface area contributed by atoms with E-state index >= 15 is 0 Å². The molecule has 0 aromatic heterocycles. The van der Waals surface area contributed by atoms with Gasteiger partial charge in [0.05, 0.1) is 26.2 Å². The fourth-order valence-corrected chi connectivity index (χ4v) is 2.39. The number of methoxy groups -OCH3 is 1. The Balaban J connectivity index is 1.94. The fraction of sp³-hybridized carbons (Fsp3) is 0.533. The summed E-state index contributed by atoms with van der Waals surface area (Å²) in [5, 5.41) is 0. The number of carbonyl (C=O) groups is 1. The molecule has 0 saturated carbocycles. The SMILES string of the molecule is COC(=O)CC1CN(Cc2ccc(F)cc2C)CCO1. The van der Waals surface area contributed by atoms with Crippen LogP contribution in [0, 0.1) is 12.7 Å². The van der Waals surface area contributed by atoms with Gasteiger partial charge in [0.2, 0.25) is 0 Å². The average molecular weight is 281 g/mol. The first kappa shape index (κ1) is 14.9. The lowest BCUT2D eigenvalue weighted by Gasteiger charge is -2.32. The van der Waals surface area contributed by atoms with E-state index in [9.17, 15) is 9.18 Å². The summed E-state index contributed by atoms with van der Waals surface area (Å²) in [5.74, 6) is -0.466. The Kier molecular flexibility index (Phi) is 5.09. The zero-order valence-electron chi connectivity index (χ0n) is 11.9. The van der Waals surface area contributed by atoms with Crippen LogP contribution in [0.25, 0.3) is 0 Å². The van der Waals surface area contributed by atoms with Crippen molar-refractivity contribution in [3.8, 4) is 0 Å². The van der Waals surface area contributed by atoms with Gasteiger partial charge >= 0.3 is 5.97 Å². The Hall–Kier alpha value is -1.46. The largest absolute Gasteiger partial charge is 0.469 e. The van der Waals surface area contributed by atoms with Crippen LogP contribution in [-0.4, -0.2) is 43.8 Å². The lowest BCUT2D eigenvalue weighted by molar-refractivity contribution is -0.145. The summed E-state index contributed by atoms with van der Waals surface area (Å²) in [7, 11) is 1.38. The number of hydrogen-bond donors (Lipinski definition) is 0. The number of morpholine rings is 1. The fourth-order valence-electron chi connectivity index (χ4n) is 2.39. The van der Waals surface area contributed by atoms with Crippen LogP contribution in [0.3, 0.4) is 0 Å². The normalized spacial score (nSPS) is 19.9. The van der Waals surface area contributed by atoms with Crippen LogP contribution in [-0.2, 0) is 20.8 Å². The maximum atomic E-state index is 13.1. The van der Waals surface area contributed by atoms with Crippen molar-refractivity contribution in [3.05, 3.63) is 35.1 Å². The predicted octanol–water partition coefficient (Wildman–Crippen LogP) is 1.90. The van der Waals surface area contributed by atoms with Gasteiger partial charge in [0, 0.05) is 19.6 Å². The van der Waals surface area contributed by atoms with E-state index in [2.05, 4.69) is 9.64 Å². The number of ether oxygens (including phenoxy) is 2. The van der Waals surface area contributed by atoms with Crippen LogP contribution < -0.4 is 0 Å². The van der Waals surface area contributed by atoms with Gasteiger partial charge < -0.3 is 9.47 Å². The molecule has 20 heavy (non-hydrogen) atoms. The van der Waals surface area contributed by atoms with Crippen molar-refractivity contribution in [2.45, 2.75) is 26.0 Å². The number of nitrogens with zero attached hydrogens (tertiary/aromatic N) is 1. The Labute approximate surface area is 118 Å². The predicted molar refractivity (Wildman–Crippen MR) is 72.8 cm³/mol. The molecule has 5 heteroatoms.